The van der Waals surface area contributed by atoms with Gasteiger partial charge in [-0.2, -0.15) is 0 Å². The zero-order chi connectivity index (χ0) is 17.9. The molecule has 1 aromatic heterocycles. The summed E-state index contributed by atoms with van der Waals surface area (Å²) in [5.41, 5.74) is 2.12. The van der Waals surface area contributed by atoms with Crippen molar-refractivity contribution in [1.29, 1.82) is 0 Å². The van der Waals surface area contributed by atoms with Crippen LogP contribution in [0.15, 0.2) is 59.0 Å². The summed E-state index contributed by atoms with van der Waals surface area (Å²) in [6, 6.07) is 17.7. The molecule has 1 N–H and O–H groups in total. The van der Waals surface area contributed by atoms with Gasteiger partial charge in [-0.05, 0) is 25.5 Å². The van der Waals surface area contributed by atoms with E-state index in [1.165, 1.54) is 5.56 Å². The van der Waals surface area contributed by atoms with Crippen molar-refractivity contribution in [1.82, 2.24) is 10.3 Å². The highest BCUT2D eigenvalue weighted by molar-refractivity contribution is 6.33. The van der Waals surface area contributed by atoms with E-state index in [1.54, 1.807) is 7.11 Å². The van der Waals surface area contributed by atoms with E-state index in [2.05, 4.69) is 22.4 Å². The van der Waals surface area contributed by atoms with E-state index in [0.717, 1.165) is 5.56 Å². The van der Waals surface area contributed by atoms with Crippen LogP contribution in [-0.2, 0) is 12.1 Å². The zero-order valence-corrected chi connectivity index (χ0v) is 15.3. The van der Waals surface area contributed by atoms with Crippen molar-refractivity contribution >= 4 is 11.6 Å². The predicted molar refractivity (Wildman–Crippen MR) is 99.8 cm³/mol. The average molecular weight is 357 g/mol. The lowest BCUT2D eigenvalue weighted by Gasteiger charge is -2.22. The fourth-order valence-corrected chi connectivity index (χ4v) is 2.76. The Hall–Kier alpha value is -2.30. The van der Waals surface area contributed by atoms with Gasteiger partial charge in [-0.25, -0.2) is 4.98 Å². The first kappa shape index (κ1) is 17.5. The van der Waals surface area contributed by atoms with Crippen molar-refractivity contribution in [2.24, 2.45) is 0 Å². The van der Waals surface area contributed by atoms with E-state index in [4.69, 9.17) is 20.8 Å². The lowest BCUT2D eigenvalue weighted by atomic mass is 10.0. The number of nitrogens with zero attached hydrogens (tertiary/aromatic N) is 1. The second kappa shape index (κ2) is 7.30. The van der Waals surface area contributed by atoms with E-state index in [1.807, 2.05) is 56.3 Å². The summed E-state index contributed by atoms with van der Waals surface area (Å²) in [4.78, 5) is 4.66. The normalized spacial score (nSPS) is 11.5. The van der Waals surface area contributed by atoms with Gasteiger partial charge in [0.15, 0.2) is 5.69 Å². The molecule has 0 aliphatic rings. The first-order chi connectivity index (χ1) is 12.0. The minimum absolute atomic E-state index is 0.359. The first-order valence-electron chi connectivity index (χ1n) is 8.10. The maximum atomic E-state index is 6.30. The Bertz CT molecular complexity index is 844. The molecular weight excluding hydrogens is 336 g/mol. The Morgan fingerprint density at radius 1 is 1.08 bits per heavy atom. The average Bonchev–Trinajstić information content (AvgIpc) is 3.06. The van der Waals surface area contributed by atoms with E-state index in [0.29, 0.717) is 29.1 Å². The third-order valence-corrected chi connectivity index (χ3v) is 4.35. The van der Waals surface area contributed by atoms with Gasteiger partial charge in [0.2, 0.25) is 5.89 Å². The van der Waals surface area contributed by atoms with Crippen LogP contribution in [0.1, 0.15) is 25.3 Å². The van der Waals surface area contributed by atoms with Crippen molar-refractivity contribution < 1.29 is 9.15 Å². The topological polar surface area (TPSA) is 47.3 Å². The standard InChI is InChI=1S/C20H21ClN2O2/c1-20(2,22-13-14-9-5-4-6-10-14)19-23-17(18(24-3)25-19)15-11-7-8-12-16(15)21/h4-12,22H,13H2,1-3H3. The van der Waals surface area contributed by atoms with Crippen molar-refractivity contribution in [2.75, 3.05) is 7.11 Å². The second-order valence-corrected chi connectivity index (χ2v) is 6.71. The lowest BCUT2D eigenvalue weighted by Crippen LogP contribution is -2.36. The molecule has 0 atom stereocenters. The molecule has 0 unspecified atom stereocenters. The van der Waals surface area contributed by atoms with E-state index in [-0.39, 0.29) is 0 Å². The number of rotatable bonds is 6. The predicted octanol–water partition coefficient (Wildman–Crippen LogP) is 5.03. The summed E-state index contributed by atoms with van der Waals surface area (Å²) in [5.74, 6) is 0.910. The van der Waals surface area contributed by atoms with Gasteiger partial charge in [0.25, 0.3) is 0 Å². The second-order valence-electron chi connectivity index (χ2n) is 6.30. The minimum Gasteiger partial charge on any atom is -0.467 e. The van der Waals surface area contributed by atoms with Crippen LogP contribution in [0.5, 0.6) is 5.95 Å². The van der Waals surface area contributed by atoms with Crippen LogP contribution in [-0.4, -0.2) is 12.1 Å². The van der Waals surface area contributed by atoms with Gasteiger partial charge in [-0.1, -0.05) is 60.1 Å². The van der Waals surface area contributed by atoms with Crippen LogP contribution < -0.4 is 10.1 Å². The van der Waals surface area contributed by atoms with Crippen LogP contribution in [0, 0.1) is 0 Å². The Balaban J connectivity index is 1.88. The minimum atomic E-state index is -0.470. The molecule has 3 aromatic rings. The SMILES string of the molecule is COc1oc(C(C)(C)NCc2ccccc2)nc1-c1ccccc1Cl. The van der Waals surface area contributed by atoms with Gasteiger partial charge < -0.3 is 9.15 Å². The van der Waals surface area contributed by atoms with Gasteiger partial charge in [0.05, 0.1) is 17.7 Å². The molecule has 2 aromatic carbocycles. The molecule has 3 rings (SSSR count). The highest BCUT2D eigenvalue weighted by atomic mass is 35.5. The number of hydrogen-bond acceptors (Lipinski definition) is 4. The number of hydrogen-bond donors (Lipinski definition) is 1. The molecule has 0 radical (unpaired) electrons. The molecule has 0 aliphatic heterocycles. The summed E-state index contributed by atoms with van der Waals surface area (Å²) >= 11 is 6.30. The molecule has 1 heterocycles. The molecule has 0 saturated carbocycles. The molecule has 5 heteroatoms. The summed E-state index contributed by atoms with van der Waals surface area (Å²) in [6.07, 6.45) is 0. The number of aromatic nitrogens is 1. The van der Waals surface area contributed by atoms with E-state index < -0.39 is 5.54 Å². The molecule has 4 nitrogen and oxygen atoms in total. The molecule has 0 spiro atoms. The molecule has 0 fully saturated rings. The van der Waals surface area contributed by atoms with E-state index >= 15 is 0 Å². The molecule has 130 valence electrons. The summed E-state index contributed by atoms with van der Waals surface area (Å²) in [6.45, 7) is 4.76. The Morgan fingerprint density at radius 2 is 1.76 bits per heavy atom. The highest BCUT2D eigenvalue weighted by Crippen LogP contribution is 2.37. The van der Waals surface area contributed by atoms with Crippen molar-refractivity contribution in [3.8, 4) is 17.2 Å². The Labute approximate surface area is 152 Å². The van der Waals surface area contributed by atoms with Gasteiger partial charge in [0.1, 0.15) is 0 Å². The third kappa shape index (κ3) is 3.86. The van der Waals surface area contributed by atoms with Crippen molar-refractivity contribution in [3.05, 3.63) is 71.1 Å². The number of methoxy groups -OCH3 is 1. The van der Waals surface area contributed by atoms with Gasteiger partial charge in [-0.15, -0.1) is 0 Å². The van der Waals surface area contributed by atoms with Crippen LogP contribution >= 0.6 is 11.6 Å². The molecular formula is C20H21ClN2O2. The summed E-state index contributed by atoms with van der Waals surface area (Å²) in [7, 11) is 1.56. The number of oxazole rings is 1. The fraction of sp³-hybridized carbons (Fsp3) is 0.250. The number of halogens is 1. The number of ether oxygens (including phenoxy) is 1. The summed E-state index contributed by atoms with van der Waals surface area (Å²) < 4.78 is 11.2. The maximum Gasteiger partial charge on any atom is 0.313 e. The van der Waals surface area contributed by atoms with Gasteiger partial charge in [0, 0.05) is 12.1 Å². The first-order valence-corrected chi connectivity index (χ1v) is 8.48. The smallest absolute Gasteiger partial charge is 0.313 e. The number of nitrogens with one attached hydrogen (secondary N) is 1. The maximum absolute atomic E-state index is 6.30. The fourth-order valence-electron chi connectivity index (χ4n) is 2.53. The number of benzene rings is 2. The summed E-state index contributed by atoms with van der Waals surface area (Å²) in [5, 5.41) is 4.08. The molecule has 0 aliphatic carbocycles. The molecule has 25 heavy (non-hydrogen) atoms. The monoisotopic (exact) mass is 356 g/mol. The van der Waals surface area contributed by atoms with E-state index in [9.17, 15) is 0 Å². The van der Waals surface area contributed by atoms with Crippen LogP contribution in [0.25, 0.3) is 11.3 Å². The quantitative estimate of drug-likeness (QED) is 0.673. The van der Waals surface area contributed by atoms with Crippen molar-refractivity contribution in [3.63, 3.8) is 0 Å². The van der Waals surface area contributed by atoms with Crippen LogP contribution in [0.3, 0.4) is 0 Å². The van der Waals surface area contributed by atoms with Crippen molar-refractivity contribution in [2.45, 2.75) is 25.9 Å². The molecule has 0 amide bonds. The Morgan fingerprint density at radius 3 is 2.44 bits per heavy atom. The van der Waals surface area contributed by atoms with Crippen LogP contribution in [0.4, 0.5) is 0 Å². The molecule has 0 saturated heterocycles. The third-order valence-electron chi connectivity index (χ3n) is 4.02. The van der Waals surface area contributed by atoms with Gasteiger partial charge >= 0.3 is 5.95 Å². The lowest BCUT2D eigenvalue weighted by molar-refractivity contribution is 0.248. The Kier molecular flexibility index (Phi) is 5.11. The largest absolute Gasteiger partial charge is 0.467 e. The zero-order valence-electron chi connectivity index (χ0n) is 14.5. The van der Waals surface area contributed by atoms with Crippen LogP contribution in [0.2, 0.25) is 5.02 Å². The highest BCUT2D eigenvalue weighted by Gasteiger charge is 2.29. The molecule has 0 bridgehead atoms. The van der Waals surface area contributed by atoms with Gasteiger partial charge in [-0.3, -0.25) is 5.32 Å².